The summed E-state index contributed by atoms with van der Waals surface area (Å²) < 4.78 is 5.28. The molecule has 5 nitrogen and oxygen atoms in total. The smallest absolute Gasteiger partial charge is 0.229 e. The summed E-state index contributed by atoms with van der Waals surface area (Å²) in [5, 5.41) is 6.07. The van der Waals surface area contributed by atoms with Crippen molar-refractivity contribution in [2.45, 2.75) is 45.1 Å². The van der Waals surface area contributed by atoms with Crippen molar-refractivity contribution in [1.29, 1.82) is 0 Å². The average molecular weight is 305 g/mol. The van der Waals surface area contributed by atoms with Crippen molar-refractivity contribution < 1.29 is 9.32 Å². The second kappa shape index (κ2) is 5.97. The number of carbonyl (C=O) groups excluding carboxylic acids is 1. The zero-order valence-corrected chi connectivity index (χ0v) is 13.1. The third-order valence-corrected chi connectivity index (χ3v) is 4.60. The Bertz CT molecular complexity index is 606. The van der Waals surface area contributed by atoms with Crippen LogP contribution in [0.3, 0.4) is 0 Å². The molecule has 0 N–H and O–H groups in total. The topological polar surface area (TPSA) is 59.2 Å². The van der Waals surface area contributed by atoms with Gasteiger partial charge in [0.25, 0.3) is 0 Å². The maximum atomic E-state index is 12.5. The Balaban J connectivity index is 1.73. The standard InChI is InChI=1S/C15H19N3O2S/c1-10(2)15-16-14(17-20-15)12-6-3-7-18(12)13(19)9-11-5-4-8-21-11/h4-5,8,10,12H,3,6-7,9H2,1-2H3/t12-/m1/s1. The first-order chi connectivity index (χ1) is 10.1. The fourth-order valence-corrected chi connectivity index (χ4v) is 3.31. The molecule has 0 radical (unpaired) electrons. The van der Waals surface area contributed by atoms with Gasteiger partial charge in [0.1, 0.15) is 0 Å². The molecule has 0 aliphatic carbocycles. The van der Waals surface area contributed by atoms with Crippen molar-refractivity contribution in [2.75, 3.05) is 6.54 Å². The molecule has 1 amide bonds. The minimum absolute atomic E-state index is 0.0336. The Morgan fingerprint density at radius 2 is 2.43 bits per heavy atom. The highest BCUT2D eigenvalue weighted by molar-refractivity contribution is 7.10. The van der Waals surface area contributed by atoms with Crippen LogP contribution in [0.4, 0.5) is 0 Å². The van der Waals surface area contributed by atoms with Crippen LogP contribution >= 0.6 is 11.3 Å². The molecular formula is C15H19N3O2S. The predicted molar refractivity (Wildman–Crippen MR) is 80.1 cm³/mol. The van der Waals surface area contributed by atoms with Gasteiger partial charge in [-0.3, -0.25) is 4.79 Å². The predicted octanol–water partition coefficient (Wildman–Crippen LogP) is 3.16. The van der Waals surface area contributed by atoms with E-state index in [4.69, 9.17) is 4.52 Å². The van der Waals surface area contributed by atoms with Gasteiger partial charge in [-0.2, -0.15) is 4.98 Å². The van der Waals surface area contributed by atoms with E-state index in [-0.39, 0.29) is 17.9 Å². The van der Waals surface area contributed by atoms with E-state index in [1.807, 2.05) is 36.3 Å². The molecule has 112 valence electrons. The van der Waals surface area contributed by atoms with E-state index in [9.17, 15) is 4.79 Å². The molecule has 2 aromatic heterocycles. The molecule has 6 heteroatoms. The molecule has 1 aliphatic heterocycles. The highest BCUT2D eigenvalue weighted by Gasteiger charge is 2.33. The van der Waals surface area contributed by atoms with Crippen LogP contribution in [0.15, 0.2) is 22.0 Å². The number of nitrogens with zero attached hydrogens (tertiary/aromatic N) is 3. The number of amides is 1. The van der Waals surface area contributed by atoms with Crippen LogP contribution in [0.2, 0.25) is 0 Å². The molecule has 21 heavy (non-hydrogen) atoms. The third-order valence-electron chi connectivity index (χ3n) is 3.73. The van der Waals surface area contributed by atoms with E-state index in [0.717, 1.165) is 24.3 Å². The van der Waals surface area contributed by atoms with Gasteiger partial charge in [-0.05, 0) is 24.3 Å². The molecule has 1 fully saturated rings. The van der Waals surface area contributed by atoms with Crippen molar-refractivity contribution in [1.82, 2.24) is 15.0 Å². The van der Waals surface area contributed by atoms with Crippen LogP contribution in [0.5, 0.6) is 0 Å². The monoisotopic (exact) mass is 305 g/mol. The lowest BCUT2D eigenvalue weighted by Gasteiger charge is -2.21. The molecule has 1 saturated heterocycles. The zero-order chi connectivity index (χ0) is 14.8. The summed E-state index contributed by atoms with van der Waals surface area (Å²) in [7, 11) is 0. The minimum atomic E-state index is -0.0336. The number of thiophene rings is 1. The van der Waals surface area contributed by atoms with E-state index in [1.165, 1.54) is 0 Å². The number of rotatable bonds is 4. The molecule has 1 atom stereocenters. The van der Waals surface area contributed by atoms with Crippen LogP contribution in [0.25, 0.3) is 0 Å². The summed E-state index contributed by atoms with van der Waals surface area (Å²) in [4.78, 5) is 19.9. The van der Waals surface area contributed by atoms with Gasteiger partial charge in [-0.1, -0.05) is 25.1 Å². The van der Waals surface area contributed by atoms with Gasteiger partial charge in [0.2, 0.25) is 11.8 Å². The zero-order valence-electron chi connectivity index (χ0n) is 12.3. The Morgan fingerprint density at radius 3 is 3.10 bits per heavy atom. The fourth-order valence-electron chi connectivity index (χ4n) is 2.61. The number of carbonyl (C=O) groups is 1. The van der Waals surface area contributed by atoms with Gasteiger partial charge in [0, 0.05) is 17.3 Å². The summed E-state index contributed by atoms with van der Waals surface area (Å²) in [6.07, 6.45) is 2.36. The van der Waals surface area contributed by atoms with Crippen molar-refractivity contribution >= 4 is 17.2 Å². The third kappa shape index (κ3) is 3.00. The van der Waals surface area contributed by atoms with Crippen LogP contribution in [0, 0.1) is 0 Å². The minimum Gasteiger partial charge on any atom is -0.339 e. The molecule has 3 rings (SSSR count). The lowest BCUT2D eigenvalue weighted by molar-refractivity contribution is -0.131. The molecule has 1 aliphatic rings. The highest BCUT2D eigenvalue weighted by Crippen LogP contribution is 2.31. The first-order valence-electron chi connectivity index (χ1n) is 7.30. The molecule has 0 aromatic carbocycles. The second-order valence-corrected chi connectivity index (χ2v) is 6.68. The lowest BCUT2D eigenvalue weighted by atomic mass is 10.2. The SMILES string of the molecule is CC(C)c1nc([C@H]2CCCN2C(=O)Cc2cccs2)no1. The highest BCUT2D eigenvalue weighted by atomic mass is 32.1. The van der Waals surface area contributed by atoms with Crippen molar-refractivity contribution in [3.8, 4) is 0 Å². The summed E-state index contributed by atoms with van der Waals surface area (Å²) in [5.74, 6) is 1.65. The quantitative estimate of drug-likeness (QED) is 0.870. The van der Waals surface area contributed by atoms with Gasteiger partial charge in [-0.15, -0.1) is 11.3 Å². The average Bonchev–Trinajstić information content (AvgIpc) is 3.19. The maximum absolute atomic E-state index is 12.5. The number of hydrogen-bond donors (Lipinski definition) is 0. The molecule has 0 saturated carbocycles. The van der Waals surface area contributed by atoms with Crippen molar-refractivity contribution in [3.05, 3.63) is 34.1 Å². The lowest BCUT2D eigenvalue weighted by Crippen LogP contribution is -2.32. The number of hydrogen-bond acceptors (Lipinski definition) is 5. The van der Waals surface area contributed by atoms with E-state index >= 15 is 0 Å². The first kappa shape index (κ1) is 14.3. The van der Waals surface area contributed by atoms with Crippen LogP contribution < -0.4 is 0 Å². The number of likely N-dealkylation sites (tertiary alicyclic amines) is 1. The van der Waals surface area contributed by atoms with Gasteiger partial charge in [0.15, 0.2) is 5.82 Å². The Morgan fingerprint density at radius 1 is 1.57 bits per heavy atom. The van der Waals surface area contributed by atoms with E-state index < -0.39 is 0 Å². The molecule has 3 heterocycles. The van der Waals surface area contributed by atoms with Crippen LogP contribution in [-0.2, 0) is 11.2 Å². The maximum Gasteiger partial charge on any atom is 0.229 e. The van der Waals surface area contributed by atoms with Gasteiger partial charge < -0.3 is 9.42 Å². The van der Waals surface area contributed by atoms with Crippen molar-refractivity contribution in [2.24, 2.45) is 0 Å². The molecule has 2 aromatic rings. The molecule has 0 spiro atoms. The van der Waals surface area contributed by atoms with Gasteiger partial charge in [-0.25, -0.2) is 0 Å². The van der Waals surface area contributed by atoms with Crippen LogP contribution in [0.1, 0.15) is 55.2 Å². The fraction of sp³-hybridized carbons (Fsp3) is 0.533. The summed E-state index contributed by atoms with van der Waals surface area (Å²) >= 11 is 1.62. The number of aromatic nitrogens is 2. The van der Waals surface area contributed by atoms with Crippen molar-refractivity contribution in [3.63, 3.8) is 0 Å². The normalized spacial score (nSPS) is 18.6. The molecule has 0 bridgehead atoms. The summed E-state index contributed by atoms with van der Waals surface area (Å²) in [6.45, 7) is 4.82. The van der Waals surface area contributed by atoms with Gasteiger partial charge in [0.05, 0.1) is 12.5 Å². The largest absolute Gasteiger partial charge is 0.339 e. The Hall–Kier alpha value is -1.69. The van der Waals surface area contributed by atoms with Crippen LogP contribution in [-0.4, -0.2) is 27.5 Å². The summed E-state index contributed by atoms with van der Waals surface area (Å²) in [5.41, 5.74) is 0. The Kier molecular flexibility index (Phi) is 4.05. The molecular weight excluding hydrogens is 286 g/mol. The van der Waals surface area contributed by atoms with E-state index in [0.29, 0.717) is 18.1 Å². The first-order valence-corrected chi connectivity index (χ1v) is 8.18. The van der Waals surface area contributed by atoms with E-state index in [1.54, 1.807) is 11.3 Å². The molecule has 0 unspecified atom stereocenters. The second-order valence-electron chi connectivity index (χ2n) is 5.65. The van der Waals surface area contributed by atoms with E-state index in [2.05, 4.69) is 10.1 Å². The Labute approximate surface area is 128 Å². The summed E-state index contributed by atoms with van der Waals surface area (Å²) in [6, 6.07) is 3.94. The van der Waals surface area contributed by atoms with Gasteiger partial charge >= 0.3 is 0 Å².